The quantitative estimate of drug-likeness (QED) is 0.728. The molecule has 1 aromatic heterocycles. The molecule has 0 saturated heterocycles. The maximum Gasteiger partial charge on any atom is 0.145 e. The molecule has 2 N–H and O–H groups in total. The number of nitrogens with one attached hydrogen (secondary N) is 2. The summed E-state index contributed by atoms with van der Waals surface area (Å²) in [6, 6.07) is 8.16. The molecule has 5 nitrogen and oxygen atoms in total. The molecule has 1 heterocycles. The summed E-state index contributed by atoms with van der Waals surface area (Å²) in [6.45, 7) is 5.83. The Balaban J connectivity index is 2.15. The van der Waals surface area contributed by atoms with Crippen molar-refractivity contribution in [3.8, 4) is 0 Å². The van der Waals surface area contributed by atoms with Crippen LogP contribution in [0.25, 0.3) is 10.9 Å². The Morgan fingerprint density at radius 1 is 1.10 bits per heavy atom. The fourth-order valence-corrected chi connectivity index (χ4v) is 2.21. The molecule has 0 amide bonds. The Morgan fingerprint density at radius 2 is 1.90 bits per heavy atom. The number of benzene rings is 1. The van der Waals surface area contributed by atoms with Crippen molar-refractivity contribution in [2.75, 3.05) is 39.0 Å². The fraction of sp³-hybridized carbons (Fsp3) is 0.500. The molecule has 5 heteroatoms. The third-order valence-corrected chi connectivity index (χ3v) is 3.18. The number of nitrogens with zero attached hydrogens (tertiary/aromatic N) is 3. The summed E-state index contributed by atoms with van der Waals surface area (Å²) in [5.74, 6) is 1.79. The van der Waals surface area contributed by atoms with Crippen LogP contribution in [0.15, 0.2) is 24.3 Å². The van der Waals surface area contributed by atoms with Gasteiger partial charge in [-0.25, -0.2) is 9.97 Å². The number of fused-ring (bicyclic) bond motifs is 1. The second-order valence-electron chi connectivity index (χ2n) is 5.38. The molecule has 1 aromatic carbocycles. The summed E-state index contributed by atoms with van der Waals surface area (Å²) in [4.78, 5) is 11.4. The van der Waals surface area contributed by atoms with Gasteiger partial charge in [0.2, 0.25) is 0 Å². The molecule has 0 radical (unpaired) electrons. The smallest absolute Gasteiger partial charge is 0.145 e. The van der Waals surface area contributed by atoms with Crippen LogP contribution in [0, 0.1) is 0 Å². The largest absolute Gasteiger partial charge is 0.369 e. The summed E-state index contributed by atoms with van der Waals surface area (Å²) >= 11 is 0. The van der Waals surface area contributed by atoms with E-state index in [9.17, 15) is 0 Å². The molecular formula is C16H25N5. The molecule has 2 aromatic rings. The van der Waals surface area contributed by atoms with E-state index in [-0.39, 0.29) is 0 Å². The van der Waals surface area contributed by atoms with Crippen molar-refractivity contribution in [3.05, 3.63) is 30.1 Å². The van der Waals surface area contributed by atoms with E-state index in [2.05, 4.69) is 38.5 Å². The van der Waals surface area contributed by atoms with Crippen LogP contribution >= 0.6 is 0 Å². The van der Waals surface area contributed by atoms with Crippen molar-refractivity contribution in [1.29, 1.82) is 0 Å². The predicted molar refractivity (Wildman–Crippen MR) is 88.6 cm³/mol. The van der Waals surface area contributed by atoms with Gasteiger partial charge < -0.3 is 15.5 Å². The maximum absolute atomic E-state index is 4.67. The monoisotopic (exact) mass is 287 g/mol. The van der Waals surface area contributed by atoms with Gasteiger partial charge >= 0.3 is 0 Å². The van der Waals surface area contributed by atoms with Crippen molar-refractivity contribution in [2.45, 2.75) is 19.9 Å². The number of anilines is 1. The number of hydrogen-bond donors (Lipinski definition) is 2. The highest BCUT2D eigenvalue weighted by Gasteiger charge is 2.07. The van der Waals surface area contributed by atoms with Crippen LogP contribution < -0.4 is 10.6 Å². The molecule has 0 atom stereocenters. The molecule has 2 rings (SSSR count). The zero-order valence-corrected chi connectivity index (χ0v) is 13.2. The summed E-state index contributed by atoms with van der Waals surface area (Å²) in [6.07, 6.45) is 1.08. The average Bonchev–Trinajstić information content (AvgIpc) is 2.46. The third-order valence-electron chi connectivity index (χ3n) is 3.18. The number of hydrogen-bond acceptors (Lipinski definition) is 5. The molecule has 0 aliphatic heterocycles. The SMILES string of the molecule is CCNCCCNc1nc(CN(C)C)nc2ccccc12. The fourth-order valence-electron chi connectivity index (χ4n) is 2.21. The Labute approximate surface area is 126 Å². The lowest BCUT2D eigenvalue weighted by Gasteiger charge is -2.13. The van der Waals surface area contributed by atoms with Gasteiger partial charge in [-0.15, -0.1) is 0 Å². The van der Waals surface area contributed by atoms with Crippen molar-refractivity contribution >= 4 is 16.7 Å². The minimum absolute atomic E-state index is 0.747. The van der Waals surface area contributed by atoms with Gasteiger partial charge in [0.25, 0.3) is 0 Å². The first-order valence-electron chi connectivity index (χ1n) is 7.55. The minimum Gasteiger partial charge on any atom is -0.369 e. The first-order chi connectivity index (χ1) is 10.2. The molecule has 0 fully saturated rings. The summed E-state index contributed by atoms with van der Waals surface area (Å²) in [5, 5.41) is 7.87. The average molecular weight is 287 g/mol. The Morgan fingerprint density at radius 3 is 2.67 bits per heavy atom. The van der Waals surface area contributed by atoms with Crippen molar-refractivity contribution in [2.24, 2.45) is 0 Å². The topological polar surface area (TPSA) is 53.1 Å². The lowest BCUT2D eigenvalue weighted by molar-refractivity contribution is 0.391. The van der Waals surface area contributed by atoms with Gasteiger partial charge in [0.1, 0.15) is 11.6 Å². The van der Waals surface area contributed by atoms with E-state index in [0.717, 1.165) is 55.1 Å². The van der Waals surface area contributed by atoms with E-state index in [1.807, 2.05) is 32.3 Å². The molecule has 114 valence electrons. The number of aromatic nitrogens is 2. The van der Waals surface area contributed by atoms with Crippen LogP contribution in [0.4, 0.5) is 5.82 Å². The predicted octanol–water partition coefficient (Wildman–Crippen LogP) is 2.10. The van der Waals surface area contributed by atoms with Gasteiger partial charge in [0, 0.05) is 11.9 Å². The van der Waals surface area contributed by atoms with Crippen LogP contribution in [-0.4, -0.2) is 48.6 Å². The van der Waals surface area contributed by atoms with Crippen molar-refractivity contribution in [3.63, 3.8) is 0 Å². The van der Waals surface area contributed by atoms with Gasteiger partial charge in [-0.2, -0.15) is 0 Å². The van der Waals surface area contributed by atoms with Crippen molar-refractivity contribution in [1.82, 2.24) is 20.2 Å². The van der Waals surface area contributed by atoms with Crippen LogP contribution in [0.1, 0.15) is 19.2 Å². The summed E-state index contributed by atoms with van der Waals surface area (Å²) in [5.41, 5.74) is 0.999. The second-order valence-corrected chi connectivity index (χ2v) is 5.38. The van der Waals surface area contributed by atoms with Gasteiger partial charge in [-0.05, 0) is 45.7 Å². The minimum atomic E-state index is 0.747. The van der Waals surface area contributed by atoms with E-state index in [0.29, 0.717) is 0 Å². The highest BCUT2D eigenvalue weighted by Crippen LogP contribution is 2.20. The zero-order valence-electron chi connectivity index (χ0n) is 13.2. The van der Waals surface area contributed by atoms with E-state index in [4.69, 9.17) is 0 Å². The van der Waals surface area contributed by atoms with Crippen LogP contribution in [-0.2, 0) is 6.54 Å². The standard InChI is InChI=1S/C16H25N5/c1-4-17-10-7-11-18-16-13-8-5-6-9-14(13)19-15(20-16)12-21(2)3/h5-6,8-9,17H,4,7,10-12H2,1-3H3,(H,18,19,20). The third kappa shape index (κ3) is 4.65. The zero-order chi connectivity index (χ0) is 15.1. The van der Waals surface area contributed by atoms with Crippen molar-refractivity contribution < 1.29 is 0 Å². The first kappa shape index (κ1) is 15.7. The summed E-state index contributed by atoms with van der Waals surface area (Å²) < 4.78 is 0. The van der Waals surface area contributed by atoms with Gasteiger partial charge in [-0.3, -0.25) is 0 Å². The Bertz CT molecular complexity index is 568. The Kier molecular flexibility index (Phi) is 5.90. The Hall–Kier alpha value is -1.72. The van der Waals surface area contributed by atoms with E-state index in [1.54, 1.807) is 0 Å². The van der Waals surface area contributed by atoms with Crippen LogP contribution in [0.2, 0.25) is 0 Å². The van der Waals surface area contributed by atoms with E-state index in [1.165, 1.54) is 0 Å². The molecule has 0 spiro atoms. The maximum atomic E-state index is 4.67. The second kappa shape index (κ2) is 7.90. The van der Waals surface area contributed by atoms with E-state index >= 15 is 0 Å². The molecule has 0 bridgehead atoms. The van der Waals surface area contributed by atoms with E-state index < -0.39 is 0 Å². The summed E-state index contributed by atoms with van der Waals surface area (Å²) in [7, 11) is 4.06. The van der Waals surface area contributed by atoms with Gasteiger partial charge in [0.15, 0.2) is 0 Å². The normalized spacial score (nSPS) is 11.2. The highest BCUT2D eigenvalue weighted by atomic mass is 15.1. The van der Waals surface area contributed by atoms with Crippen LogP contribution in [0.5, 0.6) is 0 Å². The van der Waals surface area contributed by atoms with Gasteiger partial charge in [0.05, 0.1) is 12.1 Å². The molecule has 0 unspecified atom stereocenters. The highest BCUT2D eigenvalue weighted by molar-refractivity contribution is 5.88. The number of para-hydroxylation sites is 1. The van der Waals surface area contributed by atoms with Crippen LogP contribution in [0.3, 0.4) is 0 Å². The molecule has 0 saturated carbocycles. The molecule has 0 aliphatic rings. The lowest BCUT2D eigenvalue weighted by atomic mass is 10.2. The molecule has 0 aliphatic carbocycles. The molecule has 21 heavy (non-hydrogen) atoms. The lowest BCUT2D eigenvalue weighted by Crippen LogP contribution is -2.18. The van der Waals surface area contributed by atoms with Gasteiger partial charge in [-0.1, -0.05) is 19.1 Å². The first-order valence-corrected chi connectivity index (χ1v) is 7.55. The molecular weight excluding hydrogens is 262 g/mol. The number of rotatable bonds is 8.